The molecule has 2 amide bonds. The van der Waals surface area contributed by atoms with Crippen LogP contribution in [0, 0.1) is 47.9 Å². The third-order valence-electron chi connectivity index (χ3n) is 5.58. The fourth-order valence-electron chi connectivity index (χ4n) is 4.51. The van der Waals surface area contributed by atoms with Crippen molar-refractivity contribution in [3.63, 3.8) is 0 Å². The molecule has 0 aromatic rings. The Morgan fingerprint density at radius 2 is 1.35 bits per heavy atom. The summed E-state index contributed by atoms with van der Waals surface area (Å²) in [5, 5.41) is 0. The number of likely N-dealkylation sites (tertiary alicyclic amines) is 1. The number of imide groups is 1. The maximum Gasteiger partial charge on any atom is 0.235 e. The molecule has 3 nitrogen and oxygen atoms in total. The lowest BCUT2D eigenvalue weighted by molar-refractivity contribution is -0.144. The van der Waals surface area contributed by atoms with E-state index in [0.29, 0.717) is 11.8 Å². The van der Waals surface area contributed by atoms with Crippen LogP contribution < -0.4 is 0 Å². The smallest absolute Gasteiger partial charge is 0.235 e. The number of allylic oxidation sites excluding steroid dienone is 4. The van der Waals surface area contributed by atoms with Gasteiger partial charge < -0.3 is 0 Å². The SMILES string of the molecule is C#CC(C)(C)N1C(=O)C2C3C=CC(C4C=CC43)C2C1=O. The molecule has 2 bridgehead atoms. The van der Waals surface area contributed by atoms with Gasteiger partial charge in [-0.15, -0.1) is 6.42 Å². The number of hydrogen-bond donors (Lipinski definition) is 0. The van der Waals surface area contributed by atoms with E-state index >= 15 is 0 Å². The molecule has 102 valence electrons. The van der Waals surface area contributed by atoms with E-state index in [-0.39, 0.29) is 35.5 Å². The number of nitrogens with zero attached hydrogens (tertiary/aromatic N) is 1. The Balaban J connectivity index is 1.80. The maximum atomic E-state index is 12.8. The zero-order valence-corrected chi connectivity index (χ0v) is 11.6. The summed E-state index contributed by atoms with van der Waals surface area (Å²) in [6, 6.07) is 0. The molecule has 1 aliphatic heterocycles. The molecule has 1 saturated carbocycles. The molecule has 4 aliphatic carbocycles. The summed E-state index contributed by atoms with van der Waals surface area (Å²) in [5.74, 6) is 3.29. The minimum absolute atomic E-state index is 0.0685. The summed E-state index contributed by atoms with van der Waals surface area (Å²) in [5.41, 5.74) is -0.836. The van der Waals surface area contributed by atoms with Gasteiger partial charge in [0.15, 0.2) is 0 Å². The van der Waals surface area contributed by atoms with Gasteiger partial charge in [0.1, 0.15) is 5.54 Å². The summed E-state index contributed by atoms with van der Waals surface area (Å²) in [4.78, 5) is 26.9. The van der Waals surface area contributed by atoms with Crippen molar-refractivity contribution in [2.75, 3.05) is 0 Å². The standard InChI is InChI=1S/C17H17NO2/c1-4-17(2,3)18-15(19)13-11-7-8-12(14(13)16(18)20)10-6-5-9(10)11/h1,5-14H,2-3H3. The first-order valence-electron chi connectivity index (χ1n) is 7.20. The molecule has 2 fully saturated rings. The monoisotopic (exact) mass is 267 g/mol. The lowest BCUT2D eigenvalue weighted by Gasteiger charge is -2.51. The molecule has 0 aromatic heterocycles. The predicted octanol–water partition coefficient (Wildman–Crippen LogP) is 1.62. The predicted molar refractivity (Wildman–Crippen MR) is 74.0 cm³/mol. The highest BCUT2D eigenvalue weighted by atomic mass is 16.2. The molecular formula is C17H17NO2. The van der Waals surface area contributed by atoms with E-state index in [1.807, 2.05) is 0 Å². The Bertz CT molecular complexity index is 581. The molecule has 5 rings (SSSR count). The van der Waals surface area contributed by atoms with E-state index in [1.54, 1.807) is 13.8 Å². The largest absolute Gasteiger partial charge is 0.274 e. The van der Waals surface area contributed by atoms with Gasteiger partial charge in [-0.05, 0) is 37.5 Å². The number of hydrogen-bond acceptors (Lipinski definition) is 2. The van der Waals surface area contributed by atoms with Crippen LogP contribution in [0.5, 0.6) is 0 Å². The quantitative estimate of drug-likeness (QED) is 0.411. The van der Waals surface area contributed by atoms with Crippen LogP contribution in [0.25, 0.3) is 0 Å². The van der Waals surface area contributed by atoms with Gasteiger partial charge in [-0.3, -0.25) is 14.5 Å². The number of rotatable bonds is 1. The van der Waals surface area contributed by atoms with E-state index in [9.17, 15) is 9.59 Å². The Morgan fingerprint density at radius 3 is 1.70 bits per heavy atom. The van der Waals surface area contributed by atoms with Crippen LogP contribution in [0.2, 0.25) is 0 Å². The summed E-state index contributed by atoms with van der Waals surface area (Å²) >= 11 is 0. The molecule has 6 atom stereocenters. The zero-order chi connectivity index (χ0) is 14.2. The van der Waals surface area contributed by atoms with Crippen molar-refractivity contribution in [2.24, 2.45) is 35.5 Å². The minimum Gasteiger partial charge on any atom is -0.274 e. The Hall–Kier alpha value is -1.82. The van der Waals surface area contributed by atoms with Crippen LogP contribution in [0.1, 0.15) is 13.8 Å². The number of amides is 2. The topological polar surface area (TPSA) is 37.4 Å². The first-order chi connectivity index (χ1) is 9.47. The summed E-state index contributed by atoms with van der Waals surface area (Å²) < 4.78 is 0. The van der Waals surface area contributed by atoms with E-state index in [4.69, 9.17) is 6.42 Å². The van der Waals surface area contributed by atoms with Crippen molar-refractivity contribution in [1.29, 1.82) is 0 Å². The molecule has 0 radical (unpaired) electrons. The normalized spacial score (nSPS) is 44.1. The average molecular weight is 267 g/mol. The summed E-state index contributed by atoms with van der Waals surface area (Å²) in [6.07, 6.45) is 14.2. The maximum absolute atomic E-state index is 12.8. The van der Waals surface area contributed by atoms with Gasteiger partial charge >= 0.3 is 0 Å². The molecule has 3 heteroatoms. The van der Waals surface area contributed by atoms with Crippen LogP contribution in [-0.4, -0.2) is 22.3 Å². The second kappa shape index (κ2) is 3.44. The fraction of sp³-hybridized carbons (Fsp3) is 0.529. The van der Waals surface area contributed by atoms with Crippen molar-refractivity contribution in [2.45, 2.75) is 19.4 Å². The van der Waals surface area contributed by atoms with E-state index < -0.39 is 5.54 Å². The highest BCUT2D eigenvalue weighted by Crippen LogP contribution is 2.59. The van der Waals surface area contributed by atoms with Crippen molar-refractivity contribution in [3.8, 4) is 12.3 Å². The van der Waals surface area contributed by atoms with Crippen LogP contribution in [0.3, 0.4) is 0 Å². The second-order valence-corrected chi connectivity index (χ2v) is 6.85. The third kappa shape index (κ3) is 1.14. The second-order valence-electron chi connectivity index (χ2n) is 6.85. The molecule has 0 spiro atoms. The molecule has 20 heavy (non-hydrogen) atoms. The molecule has 0 aromatic carbocycles. The van der Waals surface area contributed by atoms with Crippen LogP contribution in [0.15, 0.2) is 24.3 Å². The van der Waals surface area contributed by atoms with Gasteiger partial charge in [-0.1, -0.05) is 30.2 Å². The van der Waals surface area contributed by atoms with Crippen LogP contribution >= 0.6 is 0 Å². The molecule has 1 heterocycles. The molecule has 1 saturated heterocycles. The highest BCUT2D eigenvalue weighted by Gasteiger charge is 2.64. The highest BCUT2D eigenvalue weighted by molar-refractivity contribution is 6.07. The lowest BCUT2D eigenvalue weighted by Crippen LogP contribution is -2.50. The third-order valence-corrected chi connectivity index (χ3v) is 5.58. The van der Waals surface area contributed by atoms with Crippen LogP contribution in [-0.2, 0) is 9.59 Å². The molecule has 0 N–H and O–H groups in total. The van der Waals surface area contributed by atoms with Crippen LogP contribution in [0.4, 0.5) is 0 Å². The average Bonchev–Trinajstić information content (AvgIpc) is 2.63. The number of terminal acetylenes is 1. The molecule has 6 unspecified atom stereocenters. The molecular weight excluding hydrogens is 250 g/mol. The van der Waals surface area contributed by atoms with Crippen molar-refractivity contribution in [1.82, 2.24) is 4.90 Å². The number of carbonyl (C=O) groups is 2. The Labute approximate surface area is 118 Å². The van der Waals surface area contributed by atoms with E-state index in [0.717, 1.165) is 0 Å². The first-order valence-corrected chi connectivity index (χ1v) is 7.20. The van der Waals surface area contributed by atoms with E-state index in [1.165, 1.54) is 4.90 Å². The van der Waals surface area contributed by atoms with Gasteiger partial charge in [0.2, 0.25) is 11.8 Å². The van der Waals surface area contributed by atoms with Gasteiger partial charge in [0, 0.05) is 0 Å². The van der Waals surface area contributed by atoms with E-state index in [2.05, 4.69) is 30.2 Å². The lowest BCUT2D eigenvalue weighted by atomic mass is 9.50. The van der Waals surface area contributed by atoms with Crippen molar-refractivity contribution in [3.05, 3.63) is 24.3 Å². The summed E-state index contributed by atoms with van der Waals surface area (Å²) in [6.45, 7) is 3.53. The Kier molecular flexibility index (Phi) is 2.05. The van der Waals surface area contributed by atoms with Gasteiger partial charge in [0.05, 0.1) is 11.8 Å². The van der Waals surface area contributed by atoms with Gasteiger partial charge in [-0.25, -0.2) is 0 Å². The van der Waals surface area contributed by atoms with Crippen molar-refractivity contribution < 1.29 is 9.59 Å². The zero-order valence-electron chi connectivity index (χ0n) is 11.6. The Morgan fingerprint density at radius 1 is 0.950 bits per heavy atom. The van der Waals surface area contributed by atoms with Crippen molar-refractivity contribution >= 4 is 11.8 Å². The fourth-order valence-corrected chi connectivity index (χ4v) is 4.51. The summed E-state index contributed by atoms with van der Waals surface area (Å²) in [7, 11) is 0. The van der Waals surface area contributed by atoms with Gasteiger partial charge in [0.25, 0.3) is 0 Å². The minimum atomic E-state index is -0.836. The van der Waals surface area contributed by atoms with Gasteiger partial charge in [-0.2, -0.15) is 0 Å². The molecule has 5 aliphatic rings. The number of carbonyl (C=O) groups excluding carboxylic acids is 2. The first kappa shape index (κ1) is 12.0.